The SMILES string of the molecule is CCCNc1nc2cc3c(cc2c(=O)[nH]1)CCC3. The van der Waals surface area contributed by atoms with Crippen molar-refractivity contribution < 1.29 is 0 Å². The van der Waals surface area contributed by atoms with E-state index in [1.807, 2.05) is 6.07 Å². The van der Waals surface area contributed by atoms with Gasteiger partial charge in [-0.3, -0.25) is 9.78 Å². The van der Waals surface area contributed by atoms with Gasteiger partial charge in [0.1, 0.15) is 0 Å². The molecule has 0 bridgehead atoms. The lowest BCUT2D eigenvalue weighted by Crippen LogP contribution is -2.14. The highest BCUT2D eigenvalue weighted by atomic mass is 16.1. The van der Waals surface area contributed by atoms with Crippen molar-refractivity contribution in [1.29, 1.82) is 0 Å². The van der Waals surface area contributed by atoms with Crippen molar-refractivity contribution in [3.8, 4) is 0 Å². The van der Waals surface area contributed by atoms with Gasteiger partial charge in [0.25, 0.3) is 5.56 Å². The molecule has 1 aromatic carbocycles. The van der Waals surface area contributed by atoms with Gasteiger partial charge >= 0.3 is 0 Å². The lowest BCUT2D eigenvalue weighted by Gasteiger charge is -2.06. The molecule has 0 radical (unpaired) electrons. The highest BCUT2D eigenvalue weighted by Crippen LogP contribution is 2.25. The molecule has 1 aliphatic carbocycles. The van der Waals surface area contributed by atoms with Crippen LogP contribution in [0.4, 0.5) is 5.95 Å². The first-order chi connectivity index (χ1) is 8.78. The van der Waals surface area contributed by atoms with E-state index in [-0.39, 0.29) is 5.56 Å². The highest BCUT2D eigenvalue weighted by molar-refractivity contribution is 5.80. The summed E-state index contributed by atoms with van der Waals surface area (Å²) in [5, 5.41) is 3.83. The van der Waals surface area contributed by atoms with E-state index in [0.29, 0.717) is 11.3 Å². The number of anilines is 1. The van der Waals surface area contributed by atoms with Crippen LogP contribution in [0.2, 0.25) is 0 Å². The van der Waals surface area contributed by atoms with Gasteiger partial charge in [-0.1, -0.05) is 6.92 Å². The highest BCUT2D eigenvalue weighted by Gasteiger charge is 2.14. The van der Waals surface area contributed by atoms with Gasteiger partial charge < -0.3 is 5.32 Å². The number of aromatic amines is 1. The minimum atomic E-state index is -0.0479. The van der Waals surface area contributed by atoms with Crippen LogP contribution >= 0.6 is 0 Å². The van der Waals surface area contributed by atoms with E-state index >= 15 is 0 Å². The van der Waals surface area contributed by atoms with Crippen LogP contribution in [0, 0.1) is 0 Å². The van der Waals surface area contributed by atoms with E-state index in [9.17, 15) is 4.79 Å². The Balaban J connectivity index is 2.12. The first-order valence-corrected chi connectivity index (χ1v) is 6.57. The standard InChI is InChI=1S/C14H17N3O/c1-2-6-15-14-16-12-8-10-5-3-4-9(10)7-11(12)13(18)17-14/h7-8H,2-6H2,1H3,(H2,15,16,17,18). The quantitative estimate of drug-likeness (QED) is 0.869. The molecule has 0 unspecified atom stereocenters. The third-order valence-corrected chi connectivity index (χ3v) is 3.46. The molecule has 0 aliphatic heterocycles. The lowest BCUT2D eigenvalue weighted by atomic mass is 10.1. The summed E-state index contributed by atoms with van der Waals surface area (Å²) in [6.45, 7) is 2.90. The van der Waals surface area contributed by atoms with E-state index in [4.69, 9.17) is 0 Å². The van der Waals surface area contributed by atoms with E-state index in [0.717, 1.165) is 31.3 Å². The molecular weight excluding hydrogens is 226 g/mol. The largest absolute Gasteiger partial charge is 0.356 e. The second-order valence-corrected chi connectivity index (χ2v) is 4.83. The van der Waals surface area contributed by atoms with Crippen LogP contribution < -0.4 is 10.9 Å². The Morgan fingerprint density at radius 2 is 2.11 bits per heavy atom. The normalized spacial score (nSPS) is 13.8. The number of fused-ring (bicyclic) bond motifs is 2. The zero-order valence-electron chi connectivity index (χ0n) is 10.5. The summed E-state index contributed by atoms with van der Waals surface area (Å²) in [5.74, 6) is 0.576. The fourth-order valence-electron chi connectivity index (χ4n) is 2.54. The van der Waals surface area contributed by atoms with Gasteiger partial charge in [0.15, 0.2) is 0 Å². The predicted molar refractivity (Wildman–Crippen MR) is 73.2 cm³/mol. The maximum Gasteiger partial charge on any atom is 0.260 e. The van der Waals surface area contributed by atoms with E-state index in [2.05, 4.69) is 28.3 Å². The zero-order valence-corrected chi connectivity index (χ0v) is 10.5. The van der Waals surface area contributed by atoms with Crippen molar-refractivity contribution in [1.82, 2.24) is 9.97 Å². The Morgan fingerprint density at radius 1 is 1.33 bits per heavy atom. The van der Waals surface area contributed by atoms with Crippen molar-refractivity contribution in [3.63, 3.8) is 0 Å². The van der Waals surface area contributed by atoms with Gasteiger partial charge in [0.2, 0.25) is 5.95 Å². The number of benzene rings is 1. The third-order valence-electron chi connectivity index (χ3n) is 3.46. The van der Waals surface area contributed by atoms with Crippen LogP contribution in [-0.4, -0.2) is 16.5 Å². The van der Waals surface area contributed by atoms with Gasteiger partial charge in [0.05, 0.1) is 10.9 Å². The summed E-state index contributed by atoms with van der Waals surface area (Å²) in [7, 11) is 0. The molecule has 0 atom stereocenters. The Morgan fingerprint density at radius 3 is 2.89 bits per heavy atom. The molecule has 94 valence electrons. The molecule has 1 heterocycles. The molecule has 1 aromatic heterocycles. The molecule has 0 fully saturated rings. The van der Waals surface area contributed by atoms with Gasteiger partial charge in [0, 0.05) is 6.54 Å². The molecule has 1 aliphatic rings. The van der Waals surface area contributed by atoms with E-state index in [1.54, 1.807) is 0 Å². The molecule has 4 nitrogen and oxygen atoms in total. The molecule has 2 N–H and O–H groups in total. The van der Waals surface area contributed by atoms with Crippen LogP contribution in [0.1, 0.15) is 30.9 Å². The van der Waals surface area contributed by atoms with Crippen molar-refractivity contribution in [2.45, 2.75) is 32.6 Å². The van der Waals surface area contributed by atoms with E-state index in [1.165, 1.54) is 17.5 Å². The molecule has 4 heteroatoms. The van der Waals surface area contributed by atoms with E-state index < -0.39 is 0 Å². The number of H-pyrrole nitrogens is 1. The lowest BCUT2D eigenvalue weighted by molar-refractivity contribution is 0.912. The van der Waals surface area contributed by atoms with Crippen LogP contribution in [-0.2, 0) is 12.8 Å². The number of nitrogens with one attached hydrogen (secondary N) is 2. The fraction of sp³-hybridized carbons (Fsp3) is 0.429. The van der Waals surface area contributed by atoms with Gasteiger partial charge in [-0.25, -0.2) is 4.98 Å². The molecule has 0 spiro atoms. The van der Waals surface area contributed by atoms with Gasteiger partial charge in [-0.05, 0) is 48.9 Å². The third kappa shape index (κ3) is 1.88. The smallest absolute Gasteiger partial charge is 0.260 e. The molecule has 2 aromatic rings. The van der Waals surface area contributed by atoms with Gasteiger partial charge in [-0.15, -0.1) is 0 Å². The van der Waals surface area contributed by atoms with Crippen LogP contribution in [0.5, 0.6) is 0 Å². The van der Waals surface area contributed by atoms with Crippen LogP contribution in [0.25, 0.3) is 10.9 Å². The predicted octanol–water partition coefficient (Wildman–Crippen LogP) is 2.23. The number of rotatable bonds is 3. The van der Waals surface area contributed by atoms with Gasteiger partial charge in [-0.2, -0.15) is 0 Å². The summed E-state index contributed by atoms with van der Waals surface area (Å²) in [4.78, 5) is 19.3. The fourth-order valence-corrected chi connectivity index (χ4v) is 2.54. The first kappa shape index (κ1) is 11.3. The maximum absolute atomic E-state index is 12.0. The molecule has 0 amide bonds. The molecule has 18 heavy (non-hydrogen) atoms. The summed E-state index contributed by atoms with van der Waals surface area (Å²) in [6, 6.07) is 4.08. The number of hydrogen-bond donors (Lipinski definition) is 2. The average Bonchev–Trinajstić information content (AvgIpc) is 2.81. The van der Waals surface area contributed by atoms with Crippen molar-refractivity contribution >= 4 is 16.9 Å². The van der Waals surface area contributed by atoms with Crippen LogP contribution in [0.3, 0.4) is 0 Å². The number of nitrogens with zero attached hydrogens (tertiary/aromatic N) is 1. The maximum atomic E-state index is 12.0. The molecule has 3 rings (SSSR count). The minimum absolute atomic E-state index is 0.0479. The molecule has 0 saturated carbocycles. The topological polar surface area (TPSA) is 57.8 Å². The minimum Gasteiger partial charge on any atom is -0.356 e. The number of hydrogen-bond acceptors (Lipinski definition) is 3. The first-order valence-electron chi connectivity index (χ1n) is 6.57. The summed E-state index contributed by atoms with van der Waals surface area (Å²) in [6.07, 6.45) is 4.38. The summed E-state index contributed by atoms with van der Waals surface area (Å²) >= 11 is 0. The van der Waals surface area contributed by atoms with Crippen molar-refractivity contribution in [2.24, 2.45) is 0 Å². The Kier molecular flexibility index (Phi) is 2.78. The second kappa shape index (κ2) is 4.44. The monoisotopic (exact) mass is 243 g/mol. The molecular formula is C14H17N3O. The Labute approximate surface area is 105 Å². The van der Waals surface area contributed by atoms with Crippen molar-refractivity contribution in [2.75, 3.05) is 11.9 Å². The van der Waals surface area contributed by atoms with Crippen molar-refractivity contribution in [3.05, 3.63) is 33.6 Å². The molecule has 0 saturated heterocycles. The Hall–Kier alpha value is -1.84. The number of aromatic nitrogens is 2. The number of aryl methyl sites for hydroxylation is 2. The Bertz CT molecular complexity index is 645. The zero-order chi connectivity index (χ0) is 12.5. The van der Waals surface area contributed by atoms with Crippen LogP contribution in [0.15, 0.2) is 16.9 Å². The summed E-state index contributed by atoms with van der Waals surface area (Å²) in [5.41, 5.74) is 3.41. The average molecular weight is 243 g/mol. The summed E-state index contributed by atoms with van der Waals surface area (Å²) < 4.78 is 0. The second-order valence-electron chi connectivity index (χ2n) is 4.83.